The number of nitrogens with zero attached hydrogens (tertiary/aromatic N) is 3. The number of benzene rings is 1. The molecular weight excluding hydrogens is 469 g/mol. The molecule has 5 aliphatic rings. The van der Waals surface area contributed by atoms with E-state index in [1.165, 1.54) is 12.8 Å². The molecule has 8 rings (SSSR count). The zero-order chi connectivity index (χ0) is 24.6. The number of halogens is 3. The van der Waals surface area contributed by atoms with Crippen LogP contribution in [0.3, 0.4) is 0 Å². The number of aromatic nitrogens is 3. The van der Waals surface area contributed by atoms with Crippen molar-refractivity contribution in [1.82, 2.24) is 15.3 Å². The number of hydrogen-bond acceptors (Lipinski definition) is 6. The molecule has 0 unspecified atom stereocenters. The number of fused-ring (bicyclic) bond motifs is 3. The number of alkyl halides is 3. The van der Waals surface area contributed by atoms with Crippen molar-refractivity contribution in [2.75, 3.05) is 11.9 Å². The SMILES string of the molecule is FC(F)(F)C1(c2nc(C34CCC(CNc5cccc(-c6cc(C7CC7)no6)c5)(CC3)CC4)no2)CC1. The van der Waals surface area contributed by atoms with Gasteiger partial charge in [0.2, 0.25) is 5.89 Å². The van der Waals surface area contributed by atoms with Crippen LogP contribution in [0.1, 0.15) is 87.5 Å². The highest BCUT2D eigenvalue weighted by Gasteiger charge is 2.68. The van der Waals surface area contributed by atoms with Crippen LogP contribution in [-0.2, 0) is 10.8 Å². The highest BCUT2D eigenvalue weighted by molar-refractivity contribution is 5.64. The second-order valence-corrected chi connectivity index (χ2v) is 11.6. The van der Waals surface area contributed by atoms with Gasteiger partial charge in [-0.2, -0.15) is 18.2 Å². The minimum Gasteiger partial charge on any atom is -0.384 e. The molecule has 2 bridgehead atoms. The van der Waals surface area contributed by atoms with E-state index in [1.54, 1.807) is 0 Å². The first-order valence-corrected chi connectivity index (χ1v) is 13.0. The standard InChI is InChI=1S/C27H29F3N4O2/c28-27(29,30)26(12-13-26)23-32-22(34-36-23)25-9-6-24(7-10-25,8-11-25)16-31-19-3-1-2-18(14-19)21-15-20(33-35-21)17-4-5-17/h1-3,14-15,17,31H,4-13,16H2. The second kappa shape index (κ2) is 7.59. The lowest BCUT2D eigenvalue weighted by molar-refractivity contribution is -0.166. The Morgan fingerprint density at radius 1 is 0.917 bits per heavy atom. The summed E-state index contributed by atoms with van der Waals surface area (Å²) in [6, 6.07) is 10.3. The van der Waals surface area contributed by atoms with E-state index in [4.69, 9.17) is 9.05 Å². The van der Waals surface area contributed by atoms with Gasteiger partial charge in [-0.05, 0) is 81.8 Å². The fourth-order valence-corrected chi connectivity index (χ4v) is 6.31. The molecule has 190 valence electrons. The summed E-state index contributed by atoms with van der Waals surface area (Å²) in [5.41, 5.74) is 1.14. The molecule has 5 aliphatic carbocycles. The van der Waals surface area contributed by atoms with Gasteiger partial charge in [0, 0.05) is 35.2 Å². The Morgan fingerprint density at radius 2 is 1.67 bits per heavy atom. The first-order valence-electron chi connectivity index (χ1n) is 13.0. The lowest BCUT2D eigenvalue weighted by atomic mass is 9.53. The van der Waals surface area contributed by atoms with Crippen LogP contribution in [0.5, 0.6) is 0 Å². The smallest absolute Gasteiger partial charge is 0.384 e. The first kappa shape index (κ1) is 22.4. The third kappa shape index (κ3) is 3.57. The van der Waals surface area contributed by atoms with Crippen molar-refractivity contribution in [2.24, 2.45) is 5.41 Å². The Kier molecular flexibility index (Phi) is 4.71. The molecule has 0 spiro atoms. The molecule has 6 nitrogen and oxygen atoms in total. The monoisotopic (exact) mass is 498 g/mol. The van der Waals surface area contributed by atoms with Crippen molar-refractivity contribution in [3.63, 3.8) is 0 Å². The maximum Gasteiger partial charge on any atom is 0.403 e. The zero-order valence-electron chi connectivity index (χ0n) is 20.0. The van der Waals surface area contributed by atoms with Crippen molar-refractivity contribution in [2.45, 2.75) is 87.1 Å². The molecule has 0 atom stereocenters. The summed E-state index contributed by atoms with van der Waals surface area (Å²) < 4.78 is 51.3. The summed E-state index contributed by atoms with van der Waals surface area (Å²) in [5.74, 6) is 1.61. The summed E-state index contributed by atoms with van der Waals surface area (Å²) >= 11 is 0. The molecule has 0 amide bonds. The largest absolute Gasteiger partial charge is 0.403 e. The van der Waals surface area contributed by atoms with Gasteiger partial charge in [0.05, 0.1) is 5.69 Å². The summed E-state index contributed by atoms with van der Waals surface area (Å²) in [5, 5.41) is 12.0. The van der Waals surface area contributed by atoms with Gasteiger partial charge in [-0.15, -0.1) is 0 Å². The quantitative estimate of drug-likeness (QED) is 0.382. The molecular formula is C27H29F3N4O2. The van der Waals surface area contributed by atoms with E-state index >= 15 is 0 Å². The predicted octanol–water partition coefficient (Wildman–Crippen LogP) is 6.90. The Hall–Kier alpha value is -2.84. The van der Waals surface area contributed by atoms with Gasteiger partial charge < -0.3 is 14.4 Å². The second-order valence-electron chi connectivity index (χ2n) is 11.6. The van der Waals surface area contributed by atoms with Crippen molar-refractivity contribution in [1.29, 1.82) is 0 Å². The van der Waals surface area contributed by atoms with Crippen LogP contribution in [0.25, 0.3) is 11.3 Å². The van der Waals surface area contributed by atoms with Gasteiger partial charge in [0.1, 0.15) is 5.41 Å². The minimum absolute atomic E-state index is 0.0409. The summed E-state index contributed by atoms with van der Waals surface area (Å²) in [7, 11) is 0. The lowest BCUT2D eigenvalue weighted by Gasteiger charge is -2.52. The van der Waals surface area contributed by atoms with E-state index in [-0.39, 0.29) is 29.6 Å². The topological polar surface area (TPSA) is 77.0 Å². The van der Waals surface area contributed by atoms with Gasteiger partial charge >= 0.3 is 6.18 Å². The fraction of sp³-hybridized carbons (Fsp3) is 0.593. The van der Waals surface area contributed by atoms with Gasteiger partial charge in [-0.25, -0.2) is 0 Å². The zero-order valence-corrected chi connectivity index (χ0v) is 20.0. The molecule has 2 aromatic heterocycles. The molecule has 5 saturated carbocycles. The highest BCUT2D eigenvalue weighted by atomic mass is 19.4. The third-order valence-electron chi connectivity index (χ3n) is 9.34. The number of nitrogens with one attached hydrogen (secondary N) is 1. The molecule has 1 N–H and O–H groups in total. The van der Waals surface area contributed by atoms with E-state index in [9.17, 15) is 13.2 Å². The van der Waals surface area contributed by atoms with Crippen molar-refractivity contribution < 1.29 is 22.2 Å². The average molecular weight is 499 g/mol. The van der Waals surface area contributed by atoms with Crippen LogP contribution >= 0.6 is 0 Å². The maximum absolute atomic E-state index is 13.5. The van der Waals surface area contributed by atoms with Gasteiger partial charge in [0.15, 0.2) is 11.6 Å². The minimum atomic E-state index is -4.33. The fourth-order valence-electron chi connectivity index (χ4n) is 6.31. The molecule has 9 heteroatoms. The van der Waals surface area contributed by atoms with Crippen molar-refractivity contribution in [3.8, 4) is 11.3 Å². The van der Waals surface area contributed by atoms with E-state index in [0.29, 0.717) is 11.7 Å². The lowest BCUT2D eigenvalue weighted by Crippen LogP contribution is -2.47. The highest BCUT2D eigenvalue weighted by Crippen LogP contribution is 2.60. The third-order valence-corrected chi connectivity index (χ3v) is 9.34. The van der Waals surface area contributed by atoms with Crippen LogP contribution in [-0.4, -0.2) is 28.0 Å². The van der Waals surface area contributed by atoms with E-state index in [2.05, 4.69) is 38.8 Å². The van der Waals surface area contributed by atoms with E-state index < -0.39 is 11.6 Å². The van der Waals surface area contributed by atoms with E-state index in [1.807, 2.05) is 12.1 Å². The van der Waals surface area contributed by atoms with Crippen molar-refractivity contribution in [3.05, 3.63) is 47.7 Å². The number of hydrogen-bond donors (Lipinski definition) is 1. The Labute approximate surface area is 207 Å². The molecule has 1 aromatic carbocycles. The van der Waals surface area contributed by atoms with Crippen LogP contribution in [0.15, 0.2) is 39.4 Å². The van der Waals surface area contributed by atoms with Crippen LogP contribution < -0.4 is 5.32 Å². The van der Waals surface area contributed by atoms with Crippen LogP contribution in [0.2, 0.25) is 0 Å². The Morgan fingerprint density at radius 3 is 2.33 bits per heavy atom. The average Bonchev–Trinajstić information content (AvgIpc) is 3.81. The molecule has 0 aliphatic heterocycles. The van der Waals surface area contributed by atoms with E-state index in [0.717, 1.165) is 67.8 Å². The molecule has 0 saturated heterocycles. The van der Waals surface area contributed by atoms with Crippen LogP contribution in [0, 0.1) is 5.41 Å². The molecule has 2 heterocycles. The maximum atomic E-state index is 13.5. The summed E-state index contributed by atoms with van der Waals surface area (Å²) in [6.07, 6.45) is 3.79. The molecule has 0 radical (unpaired) electrons. The predicted molar refractivity (Wildman–Crippen MR) is 125 cm³/mol. The summed E-state index contributed by atoms with van der Waals surface area (Å²) in [6.45, 7) is 0.866. The van der Waals surface area contributed by atoms with Crippen LogP contribution in [0.4, 0.5) is 18.9 Å². The Bertz CT molecular complexity index is 1260. The molecule has 36 heavy (non-hydrogen) atoms. The summed E-state index contributed by atoms with van der Waals surface area (Å²) in [4.78, 5) is 4.35. The molecule has 3 aromatic rings. The van der Waals surface area contributed by atoms with Gasteiger partial charge in [0.25, 0.3) is 0 Å². The van der Waals surface area contributed by atoms with Crippen molar-refractivity contribution >= 4 is 5.69 Å². The Balaban J connectivity index is 1.01. The first-order chi connectivity index (χ1) is 17.3. The molecule has 5 fully saturated rings. The number of rotatable bonds is 7. The number of anilines is 1. The normalized spacial score (nSPS) is 28.9. The van der Waals surface area contributed by atoms with Gasteiger partial charge in [-0.3, -0.25) is 0 Å². The van der Waals surface area contributed by atoms with Gasteiger partial charge in [-0.1, -0.05) is 22.4 Å².